The summed E-state index contributed by atoms with van der Waals surface area (Å²) < 4.78 is 16.8. The van der Waals surface area contributed by atoms with Gasteiger partial charge in [0.15, 0.2) is 0 Å². The van der Waals surface area contributed by atoms with Crippen LogP contribution in [0.5, 0.6) is 11.5 Å². The fourth-order valence-electron chi connectivity index (χ4n) is 1.49. The van der Waals surface area contributed by atoms with Crippen LogP contribution in [0.15, 0.2) is 18.2 Å². The number of carbonyl (C=O) groups excluding carboxylic acids is 2. The first-order valence-electron chi connectivity index (χ1n) is 6.01. The van der Waals surface area contributed by atoms with Crippen LogP contribution in [-0.4, -0.2) is 43.3 Å². The lowest BCUT2D eigenvalue weighted by molar-refractivity contribution is -0.122. The summed E-state index contributed by atoms with van der Waals surface area (Å²) in [6, 6.07) is 3.36. The van der Waals surface area contributed by atoms with Gasteiger partial charge in [0.1, 0.15) is 24.2 Å². The SMILES string of the molecule is COc1ccc(C(=O)N[C@H](C)C(=O)NCCF)c(O)c1. The number of ether oxygens (including phenoxy) is 1. The van der Waals surface area contributed by atoms with Crippen molar-refractivity contribution in [3.05, 3.63) is 23.8 Å². The van der Waals surface area contributed by atoms with Crippen molar-refractivity contribution >= 4 is 11.8 Å². The first kappa shape index (κ1) is 15.7. The predicted octanol–water partition coefficient (Wildman–Crippen LogP) is 0.605. The largest absolute Gasteiger partial charge is 0.507 e. The normalized spacial score (nSPS) is 11.6. The molecule has 0 saturated heterocycles. The van der Waals surface area contributed by atoms with Crippen molar-refractivity contribution in [1.82, 2.24) is 10.6 Å². The third-order valence-electron chi connectivity index (χ3n) is 2.58. The van der Waals surface area contributed by atoms with Crippen LogP contribution in [0.4, 0.5) is 4.39 Å². The molecule has 0 unspecified atom stereocenters. The Hall–Kier alpha value is -2.31. The van der Waals surface area contributed by atoms with Gasteiger partial charge in [0.05, 0.1) is 12.7 Å². The van der Waals surface area contributed by atoms with Crippen molar-refractivity contribution in [3.63, 3.8) is 0 Å². The second-order valence-corrected chi connectivity index (χ2v) is 4.06. The number of aromatic hydroxyl groups is 1. The van der Waals surface area contributed by atoms with Crippen LogP contribution in [0.1, 0.15) is 17.3 Å². The number of halogens is 1. The zero-order valence-electron chi connectivity index (χ0n) is 11.3. The number of phenolic OH excluding ortho intramolecular Hbond substituents is 1. The molecule has 110 valence electrons. The summed E-state index contributed by atoms with van der Waals surface area (Å²) in [5.74, 6) is -0.942. The molecule has 0 aliphatic heterocycles. The second kappa shape index (κ2) is 7.32. The first-order chi connectivity index (χ1) is 9.49. The van der Waals surface area contributed by atoms with Crippen molar-refractivity contribution in [2.24, 2.45) is 0 Å². The summed E-state index contributed by atoms with van der Waals surface area (Å²) in [5.41, 5.74) is 0.0240. The number of alkyl halides is 1. The van der Waals surface area contributed by atoms with Gasteiger partial charge >= 0.3 is 0 Å². The van der Waals surface area contributed by atoms with Gasteiger partial charge in [-0.25, -0.2) is 4.39 Å². The van der Waals surface area contributed by atoms with Crippen LogP contribution in [-0.2, 0) is 4.79 Å². The van der Waals surface area contributed by atoms with Crippen LogP contribution >= 0.6 is 0 Å². The third kappa shape index (κ3) is 4.11. The smallest absolute Gasteiger partial charge is 0.255 e. The van der Waals surface area contributed by atoms with Gasteiger partial charge in [-0.3, -0.25) is 9.59 Å². The highest BCUT2D eigenvalue weighted by molar-refractivity contribution is 5.99. The highest BCUT2D eigenvalue weighted by Gasteiger charge is 2.18. The molecule has 0 aliphatic carbocycles. The van der Waals surface area contributed by atoms with E-state index in [-0.39, 0.29) is 17.9 Å². The lowest BCUT2D eigenvalue weighted by Gasteiger charge is -2.14. The number of hydrogen-bond acceptors (Lipinski definition) is 4. The molecule has 1 aromatic carbocycles. The summed E-state index contributed by atoms with van der Waals surface area (Å²) in [6.07, 6.45) is 0. The van der Waals surface area contributed by atoms with E-state index < -0.39 is 24.5 Å². The highest BCUT2D eigenvalue weighted by atomic mass is 19.1. The average Bonchev–Trinajstić information content (AvgIpc) is 2.44. The summed E-state index contributed by atoms with van der Waals surface area (Å²) in [5, 5.41) is 14.4. The molecule has 1 atom stereocenters. The van der Waals surface area contributed by atoms with E-state index >= 15 is 0 Å². The Morgan fingerprint density at radius 1 is 1.45 bits per heavy atom. The van der Waals surface area contributed by atoms with Gasteiger partial charge < -0.3 is 20.5 Å². The van der Waals surface area contributed by atoms with Crippen molar-refractivity contribution < 1.29 is 23.8 Å². The van der Waals surface area contributed by atoms with Crippen LogP contribution < -0.4 is 15.4 Å². The van der Waals surface area contributed by atoms with Crippen molar-refractivity contribution in [1.29, 1.82) is 0 Å². The highest BCUT2D eigenvalue weighted by Crippen LogP contribution is 2.23. The van der Waals surface area contributed by atoms with Crippen molar-refractivity contribution in [2.75, 3.05) is 20.3 Å². The Balaban J connectivity index is 2.69. The number of benzene rings is 1. The maximum atomic E-state index is 11.9. The van der Waals surface area contributed by atoms with Crippen LogP contribution in [0.25, 0.3) is 0 Å². The topological polar surface area (TPSA) is 87.7 Å². The number of methoxy groups -OCH3 is 1. The molecule has 0 heterocycles. The maximum absolute atomic E-state index is 11.9. The molecule has 6 nitrogen and oxygen atoms in total. The molecule has 0 saturated carbocycles. The molecule has 3 N–H and O–H groups in total. The van der Waals surface area contributed by atoms with E-state index in [0.29, 0.717) is 5.75 Å². The van der Waals surface area contributed by atoms with Crippen molar-refractivity contribution in [3.8, 4) is 11.5 Å². The maximum Gasteiger partial charge on any atom is 0.255 e. The lowest BCUT2D eigenvalue weighted by Crippen LogP contribution is -2.45. The van der Waals surface area contributed by atoms with Crippen molar-refractivity contribution in [2.45, 2.75) is 13.0 Å². The van der Waals surface area contributed by atoms with Gasteiger partial charge in [-0.2, -0.15) is 0 Å². The number of amides is 2. The molecule has 1 rings (SSSR count). The minimum Gasteiger partial charge on any atom is -0.507 e. The quantitative estimate of drug-likeness (QED) is 0.714. The van der Waals surface area contributed by atoms with E-state index in [4.69, 9.17) is 4.74 Å². The summed E-state index contributed by atoms with van der Waals surface area (Å²) in [6.45, 7) is 0.685. The standard InChI is InChI=1S/C13H17FN2O4/c1-8(12(18)15-6-5-14)16-13(19)10-4-3-9(20-2)7-11(10)17/h3-4,7-8,17H,5-6H2,1-2H3,(H,15,18)(H,16,19)/t8-/m1/s1. The van der Waals surface area contributed by atoms with Crippen LogP contribution in [0.2, 0.25) is 0 Å². The van der Waals surface area contributed by atoms with Crippen LogP contribution in [0, 0.1) is 0 Å². The zero-order valence-corrected chi connectivity index (χ0v) is 11.3. The van der Waals surface area contributed by atoms with Gasteiger partial charge in [-0.15, -0.1) is 0 Å². The Morgan fingerprint density at radius 3 is 2.70 bits per heavy atom. The minimum absolute atomic E-state index is 0.0240. The molecule has 0 radical (unpaired) electrons. The summed E-state index contributed by atoms with van der Waals surface area (Å²) >= 11 is 0. The number of rotatable bonds is 6. The molecule has 1 aromatic rings. The van der Waals surface area contributed by atoms with E-state index in [1.165, 1.54) is 32.2 Å². The number of nitrogens with one attached hydrogen (secondary N) is 2. The molecular formula is C13H17FN2O4. The molecule has 2 amide bonds. The Labute approximate surface area is 115 Å². The lowest BCUT2D eigenvalue weighted by atomic mass is 10.1. The van der Waals surface area contributed by atoms with E-state index in [1.807, 2.05) is 0 Å². The first-order valence-corrected chi connectivity index (χ1v) is 6.01. The van der Waals surface area contributed by atoms with Gasteiger partial charge in [0.25, 0.3) is 5.91 Å². The average molecular weight is 284 g/mol. The predicted molar refractivity (Wildman–Crippen MR) is 70.6 cm³/mol. The second-order valence-electron chi connectivity index (χ2n) is 4.06. The number of hydrogen-bond donors (Lipinski definition) is 3. The Kier molecular flexibility index (Phi) is 5.76. The molecule has 0 aromatic heterocycles. The molecule has 0 spiro atoms. The Morgan fingerprint density at radius 2 is 2.15 bits per heavy atom. The summed E-state index contributed by atoms with van der Waals surface area (Å²) in [7, 11) is 1.44. The molecule has 0 aliphatic rings. The third-order valence-corrected chi connectivity index (χ3v) is 2.58. The van der Waals surface area contributed by atoms with Gasteiger partial charge in [0.2, 0.25) is 5.91 Å². The number of carbonyl (C=O) groups is 2. The molecule has 7 heteroatoms. The fraction of sp³-hybridized carbons (Fsp3) is 0.385. The Bertz CT molecular complexity index is 493. The fourth-order valence-corrected chi connectivity index (χ4v) is 1.49. The zero-order chi connectivity index (χ0) is 15.1. The monoisotopic (exact) mass is 284 g/mol. The molecular weight excluding hydrogens is 267 g/mol. The minimum atomic E-state index is -0.837. The summed E-state index contributed by atoms with van der Waals surface area (Å²) in [4.78, 5) is 23.4. The van der Waals surface area contributed by atoms with E-state index in [1.54, 1.807) is 0 Å². The van der Waals surface area contributed by atoms with Gasteiger partial charge in [0, 0.05) is 12.6 Å². The van der Waals surface area contributed by atoms with Gasteiger partial charge in [-0.1, -0.05) is 0 Å². The molecule has 20 heavy (non-hydrogen) atoms. The van der Waals surface area contributed by atoms with E-state index in [2.05, 4.69) is 10.6 Å². The number of phenols is 1. The van der Waals surface area contributed by atoms with Crippen LogP contribution in [0.3, 0.4) is 0 Å². The molecule has 0 bridgehead atoms. The van der Waals surface area contributed by atoms with E-state index in [9.17, 15) is 19.1 Å². The molecule has 0 fully saturated rings. The van der Waals surface area contributed by atoms with Gasteiger partial charge in [-0.05, 0) is 19.1 Å². The van der Waals surface area contributed by atoms with E-state index in [0.717, 1.165) is 0 Å².